The zero-order valence-corrected chi connectivity index (χ0v) is 32.3. The lowest BCUT2D eigenvalue weighted by Gasteiger charge is -2.21. The molecule has 4 heterocycles. The molecule has 1 N–H and O–H groups in total. The average molecular weight is 747 g/mol. The summed E-state index contributed by atoms with van der Waals surface area (Å²) in [4.78, 5) is 48.1. The molecular formula is C40H51N4O8P. The number of hydrogen-bond donors (Lipinski definition) is 1. The molecule has 3 amide bonds. The molecule has 13 heteroatoms. The minimum Gasteiger partial charge on any atom is -0.493 e. The number of aliphatic imine (C=N–C) groups is 1. The van der Waals surface area contributed by atoms with Crippen LogP contribution >= 0.6 is 7.14 Å². The predicted octanol–water partition coefficient (Wildman–Crippen LogP) is 7.09. The van der Waals surface area contributed by atoms with Gasteiger partial charge in [-0.15, -0.1) is 0 Å². The third-order valence-electron chi connectivity index (χ3n) is 10.6. The molecule has 2 aromatic carbocycles. The monoisotopic (exact) mass is 746 g/mol. The summed E-state index contributed by atoms with van der Waals surface area (Å²) in [7, 11) is 0.527. The van der Waals surface area contributed by atoms with Crippen LogP contribution in [-0.4, -0.2) is 105 Å². The molecule has 6 rings (SSSR count). The van der Waals surface area contributed by atoms with Gasteiger partial charge in [-0.1, -0.05) is 36.6 Å². The van der Waals surface area contributed by atoms with Crippen molar-refractivity contribution in [3.63, 3.8) is 0 Å². The first-order chi connectivity index (χ1) is 25.6. The summed E-state index contributed by atoms with van der Waals surface area (Å²) in [6, 6.07) is 6.13. The molecule has 2 saturated heterocycles. The number of nitrogens with zero attached hydrogens (tertiary/aromatic N) is 3. The number of anilines is 1. The van der Waals surface area contributed by atoms with Crippen molar-refractivity contribution in [1.82, 2.24) is 9.80 Å². The van der Waals surface area contributed by atoms with Crippen molar-refractivity contribution in [3.8, 4) is 23.0 Å². The summed E-state index contributed by atoms with van der Waals surface area (Å²) in [6.45, 7) is 7.66. The van der Waals surface area contributed by atoms with Crippen LogP contribution < -0.4 is 24.3 Å². The van der Waals surface area contributed by atoms with Crippen molar-refractivity contribution in [2.45, 2.75) is 71.4 Å². The van der Waals surface area contributed by atoms with Crippen molar-refractivity contribution < 1.29 is 37.9 Å². The maximum absolute atomic E-state index is 14.2. The highest BCUT2D eigenvalue weighted by molar-refractivity contribution is 7.63. The van der Waals surface area contributed by atoms with Gasteiger partial charge >= 0.3 is 0 Å². The van der Waals surface area contributed by atoms with E-state index in [1.54, 1.807) is 36.3 Å². The van der Waals surface area contributed by atoms with Gasteiger partial charge in [0.1, 0.15) is 6.04 Å². The normalized spacial score (nSPS) is 21.7. The van der Waals surface area contributed by atoms with Gasteiger partial charge in [0.25, 0.3) is 11.8 Å². The molecule has 4 aliphatic heterocycles. The lowest BCUT2D eigenvalue weighted by Crippen LogP contribution is -2.40. The number of rotatable bonds is 15. The Hall–Kier alpha value is -4.57. The van der Waals surface area contributed by atoms with Gasteiger partial charge in [0.2, 0.25) is 5.91 Å². The van der Waals surface area contributed by atoms with E-state index in [0.29, 0.717) is 110 Å². The van der Waals surface area contributed by atoms with Gasteiger partial charge in [0.15, 0.2) is 23.0 Å². The van der Waals surface area contributed by atoms with E-state index in [0.717, 1.165) is 24.8 Å². The zero-order valence-electron chi connectivity index (χ0n) is 31.4. The third kappa shape index (κ3) is 8.17. The second kappa shape index (κ2) is 16.6. The van der Waals surface area contributed by atoms with Crippen molar-refractivity contribution in [3.05, 3.63) is 58.7 Å². The highest BCUT2D eigenvalue weighted by Crippen LogP contribution is 2.48. The Morgan fingerprint density at radius 1 is 0.792 bits per heavy atom. The first-order valence-corrected chi connectivity index (χ1v) is 20.9. The number of fused-ring (bicyclic) bond motifs is 4. The molecule has 0 saturated carbocycles. The molecule has 2 aromatic rings. The number of unbranched alkanes of at least 4 members (excludes halogenated alkanes) is 1. The van der Waals surface area contributed by atoms with Crippen LogP contribution in [0.2, 0.25) is 0 Å². The topological polar surface area (TPSA) is 136 Å². The zero-order chi connectivity index (χ0) is 37.7. The molecule has 0 radical (unpaired) electrons. The SMILES string of the molecule is C/C=C1\C[C@H]2C=Nc3cc(OCCCP(=O)(CCCC)CCCOc4cc5c(cc4OC)C(=O)N4C/C(=C/C)C[C@H]4C(=O)N5)c(OC)cc3C(=O)N2C1. The van der Waals surface area contributed by atoms with E-state index < -0.39 is 13.2 Å². The van der Waals surface area contributed by atoms with Crippen LogP contribution in [0.4, 0.5) is 11.4 Å². The van der Waals surface area contributed by atoms with E-state index in [-0.39, 0.29) is 23.8 Å². The number of hydrogen-bond acceptors (Lipinski definition) is 9. The Kier molecular flexibility index (Phi) is 12.0. The summed E-state index contributed by atoms with van der Waals surface area (Å²) < 4.78 is 37.7. The molecule has 284 valence electrons. The molecule has 0 bridgehead atoms. The third-order valence-corrected chi connectivity index (χ3v) is 14.0. The number of carbonyl (C=O) groups excluding carboxylic acids is 3. The number of allylic oxidation sites excluding steroid dienone is 2. The number of benzene rings is 2. The average Bonchev–Trinajstić information content (AvgIpc) is 3.76. The first-order valence-electron chi connectivity index (χ1n) is 18.6. The van der Waals surface area contributed by atoms with Crippen LogP contribution in [0.3, 0.4) is 0 Å². The molecule has 3 atom stereocenters. The molecule has 0 aliphatic carbocycles. The summed E-state index contributed by atoms with van der Waals surface area (Å²) in [5, 5.41) is 2.92. The van der Waals surface area contributed by atoms with Crippen LogP contribution in [0.5, 0.6) is 23.0 Å². The van der Waals surface area contributed by atoms with Crippen LogP contribution in [0.15, 0.2) is 52.6 Å². The quantitative estimate of drug-likeness (QED) is 0.116. The molecule has 0 aromatic heterocycles. The van der Waals surface area contributed by atoms with Gasteiger partial charge in [-0.25, -0.2) is 0 Å². The van der Waals surface area contributed by atoms with E-state index in [1.807, 2.05) is 31.0 Å². The Morgan fingerprint density at radius 2 is 1.38 bits per heavy atom. The maximum atomic E-state index is 14.2. The lowest BCUT2D eigenvalue weighted by atomic mass is 10.1. The van der Waals surface area contributed by atoms with Gasteiger partial charge in [-0.05, 0) is 58.1 Å². The molecule has 4 aliphatic rings. The smallest absolute Gasteiger partial charge is 0.257 e. The fourth-order valence-electron chi connectivity index (χ4n) is 7.51. The highest BCUT2D eigenvalue weighted by Gasteiger charge is 2.41. The number of ether oxygens (including phenoxy) is 4. The molecule has 53 heavy (non-hydrogen) atoms. The van der Waals surface area contributed by atoms with Gasteiger partial charge in [0, 0.05) is 49.9 Å². The van der Waals surface area contributed by atoms with Gasteiger partial charge in [-0.3, -0.25) is 19.4 Å². The van der Waals surface area contributed by atoms with Crippen LogP contribution in [0, 0.1) is 0 Å². The van der Waals surface area contributed by atoms with E-state index in [1.165, 1.54) is 12.7 Å². The van der Waals surface area contributed by atoms with Gasteiger partial charge in [-0.2, -0.15) is 0 Å². The molecule has 0 spiro atoms. The predicted molar refractivity (Wildman–Crippen MR) is 207 cm³/mol. The van der Waals surface area contributed by atoms with Crippen molar-refractivity contribution in [1.29, 1.82) is 0 Å². The largest absolute Gasteiger partial charge is 0.493 e. The Morgan fingerprint density at radius 3 is 2.02 bits per heavy atom. The molecule has 2 fully saturated rings. The Balaban J connectivity index is 1.05. The highest BCUT2D eigenvalue weighted by atomic mass is 31.2. The maximum Gasteiger partial charge on any atom is 0.257 e. The van der Waals surface area contributed by atoms with E-state index in [4.69, 9.17) is 18.9 Å². The standard InChI is InChI=1S/C40H51N4O8P/c1-6-9-14-53(48,15-10-12-51-36-21-31-29(19-34(36)49-4)39(46)43-24-26(7-2)17-28(43)23-41-31)16-11-13-52-37-22-32-30(20-35(37)50-5)40(47)44-25-27(8-3)18-33(44)38(45)42-32/h7-8,19-23,28,33H,6,9-18,24-25H2,1-5H3,(H,42,45)/b26-7+,27-8+/t28-,33-,53?/m0/s1. The van der Waals surface area contributed by atoms with Crippen LogP contribution in [0.1, 0.15) is 80.0 Å². The number of methoxy groups -OCH3 is 2. The Bertz CT molecular complexity index is 1890. The number of amides is 3. The van der Waals surface area contributed by atoms with E-state index in [9.17, 15) is 18.9 Å². The molecule has 12 nitrogen and oxygen atoms in total. The number of nitrogens with one attached hydrogen (secondary N) is 1. The van der Waals surface area contributed by atoms with E-state index in [2.05, 4.69) is 23.3 Å². The lowest BCUT2D eigenvalue weighted by molar-refractivity contribution is -0.119. The van der Waals surface area contributed by atoms with Crippen LogP contribution in [0.25, 0.3) is 0 Å². The van der Waals surface area contributed by atoms with Crippen molar-refractivity contribution in [2.24, 2.45) is 4.99 Å². The minimum absolute atomic E-state index is 0.0672. The number of carbonyl (C=O) groups is 3. The van der Waals surface area contributed by atoms with Gasteiger partial charge in [0.05, 0.1) is 63.1 Å². The van der Waals surface area contributed by atoms with Crippen molar-refractivity contribution >= 4 is 42.5 Å². The fraction of sp³-hybridized carbons (Fsp3) is 0.500. The summed E-state index contributed by atoms with van der Waals surface area (Å²) >= 11 is 0. The second-order valence-corrected chi connectivity index (χ2v) is 17.5. The second-order valence-electron chi connectivity index (χ2n) is 14.1. The minimum atomic E-state index is -2.54. The molecular weight excluding hydrogens is 695 g/mol. The van der Waals surface area contributed by atoms with Gasteiger partial charge < -0.3 is 38.6 Å². The Labute approximate surface area is 311 Å². The summed E-state index contributed by atoms with van der Waals surface area (Å²) in [5.74, 6) is 1.25. The molecule has 1 unspecified atom stereocenters. The van der Waals surface area contributed by atoms with Crippen LogP contribution in [-0.2, 0) is 9.36 Å². The first kappa shape index (κ1) is 38.2. The van der Waals surface area contributed by atoms with E-state index >= 15 is 0 Å². The summed E-state index contributed by atoms with van der Waals surface area (Å²) in [6.07, 6.45) is 11.8. The van der Waals surface area contributed by atoms with Crippen molar-refractivity contribution in [2.75, 3.05) is 64.3 Å². The summed E-state index contributed by atoms with van der Waals surface area (Å²) in [5.41, 5.74) is 4.08. The fourth-order valence-corrected chi connectivity index (χ4v) is 10.5.